The number of nitrogens with one attached hydrogen (secondary N) is 2. The molecule has 2 aromatic carbocycles. The molecule has 2 nitrogen and oxygen atoms in total. The van der Waals surface area contributed by atoms with E-state index in [1.165, 1.54) is 18.3 Å². The Hall–Kier alpha value is -2.90. The first-order valence-corrected chi connectivity index (χ1v) is 7.44. The van der Waals surface area contributed by atoms with Crippen LogP contribution in [0.15, 0.2) is 60.8 Å². The van der Waals surface area contributed by atoms with Crippen LogP contribution in [0, 0.1) is 0 Å². The molecule has 0 fully saturated rings. The summed E-state index contributed by atoms with van der Waals surface area (Å²) >= 11 is 0. The first-order valence-electron chi connectivity index (χ1n) is 7.44. The van der Waals surface area contributed by atoms with Crippen molar-refractivity contribution >= 4 is 21.8 Å². The van der Waals surface area contributed by atoms with Crippen LogP contribution in [0.2, 0.25) is 0 Å². The number of fused-ring (bicyclic) bond motifs is 2. The van der Waals surface area contributed by atoms with Crippen molar-refractivity contribution in [3.8, 4) is 0 Å². The second-order valence-electron chi connectivity index (χ2n) is 5.51. The summed E-state index contributed by atoms with van der Waals surface area (Å²) in [7, 11) is 0. The van der Waals surface area contributed by atoms with Gasteiger partial charge in [-0.15, -0.1) is 0 Å². The molecule has 2 heterocycles. The highest BCUT2D eigenvalue weighted by atomic mass is 19.4. The van der Waals surface area contributed by atoms with Gasteiger partial charge in [-0.2, -0.15) is 26.3 Å². The SMILES string of the molecule is FC(F)(F)c1cc2ccccc2[nH]1.FC(F)(F)c1cccc2[nH]ccc12. The summed E-state index contributed by atoms with van der Waals surface area (Å²) < 4.78 is 73.7. The van der Waals surface area contributed by atoms with E-state index in [1.54, 1.807) is 30.3 Å². The van der Waals surface area contributed by atoms with E-state index in [9.17, 15) is 26.3 Å². The first kappa shape index (κ1) is 17.9. The Morgan fingerprint density at radius 2 is 1.38 bits per heavy atom. The Morgan fingerprint density at radius 3 is 2.04 bits per heavy atom. The van der Waals surface area contributed by atoms with Crippen LogP contribution in [0.25, 0.3) is 21.8 Å². The number of benzene rings is 2. The van der Waals surface area contributed by atoms with E-state index < -0.39 is 23.6 Å². The normalized spacial score (nSPS) is 12.2. The smallest absolute Gasteiger partial charge is 0.361 e. The molecule has 0 saturated carbocycles. The second-order valence-corrected chi connectivity index (χ2v) is 5.51. The molecule has 0 bridgehead atoms. The predicted octanol–water partition coefficient (Wildman–Crippen LogP) is 6.37. The van der Waals surface area contributed by atoms with Crippen molar-refractivity contribution in [3.05, 3.63) is 72.1 Å². The van der Waals surface area contributed by atoms with Crippen molar-refractivity contribution in [2.45, 2.75) is 12.4 Å². The Morgan fingerprint density at radius 1 is 0.692 bits per heavy atom. The Labute approximate surface area is 143 Å². The van der Waals surface area contributed by atoms with Crippen molar-refractivity contribution in [2.24, 2.45) is 0 Å². The lowest BCUT2D eigenvalue weighted by Gasteiger charge is -2.06. The molecule has 0 aliphatic rings. The molecule has 2 aromatic heterocycles. The molecule has 136 valence electrons. The van der Waals surface area contributed by atoms with Crippen LogP contribution in [-0.4, -0.2) is 9.97 Å². The van der Waals surface area contributed by atoms with Gasteiger partial charge in [-0.05, 0) is 35.7 Å². The number of aromatic amines is 2. The number of para-hydroxylation sites is 1. The molecule has 4 rings (SSSR count). The minimum absolute atomic E-state index is 0.218. The molecular weight excluding hydrogens is 358 g/mol. The van der Waals surface area contributed by atoms with Crippen LogP contribution < -0.4 is 0 Å². The van der Waals surface area contributed by atoms with Gasteiger partial charge in [0.05, 0.1) is 5.56 Å². The van der Waals surface area contributed by atoms with Crippen molar-refractivity contribution in [3.63, 3.8) is 0 Å². The molecule has 0 atom stereocenters. The average Bonchev–Trinajstić information content (AvgIpc) is 3.20. The maximum atomic E-state index is 12.4. The molecule has 0 unspecified atom stereocenters. The summed E-state index contributed by atoms with van der Waals surface area (Å²) in [4.78, 5) is 5.04. The van der Waals surface area contributed by atoms with Crippen LogP contribution in [0.5, 0.6) is 0 Å². The lowest BCUT2D eigenvalue weighted by atomic mass is 10.1. The van der Waals surface area contributed by atoms with Gasteiger partial charge < -0.3 is 9.97 Å². The van der Waals surface area contributed by atoms with Crippen LogP contribution in [0.1, 0.15) is 11.3 Å². The van der Waals surface area contributed by atoms with Crippen molar-refractivity contribution in [2.75, 3.05) is 0 Å². The molecule has 0 saturated heterocycles. The van der Waals surface area contributed by atoms with Gasteiger partial charge in [0.2, 0.25) is 0 Å². The summed E-state index contributed by atoms with van der Waals surface area (Å²) in [6, 6.07) is 13.3. The number of halogens is 6. The third kappa shape index (κ3) is 3.68. The van der Waals surface area contributed by atoms with Gasteiger partial charge in [0.15, 0.2) is 0 Å². The van der Waals surface area contributed by atoms with Gasteiger partial charge in [-0.1, -0.05) is 24.3 Å². The zero-order chi connectivity index (χ0) is 18.9. The third-order valence-electron chi connectivity index (χ3n) is 3.74. The number of hydrogen-bond acceptors (Lipinski definition) is 0. The summed E-state index contributed by atoms with van der Waals surface area (Å²) in [6.45, 7) is 0. The number of aromatic nitrogens is 2. The van der Waals surface area contributed by atoms with Gasteiger partial charge in [-0.3, -0.25) is 0 Å². The fourth-order valence-corrected chi connectivity index (χ4v) is 2.56. The van der Waals surface area contributed by atoms with Crippen LogP contribution in [-0.2, 0) is 12.4 Å². The topological polar surface area (TPSA) is 31.6 Å². The van der Waals surface area contributed by atoms with Gasteiger partial charge >= 0.3 is 12.4 Å². The zero-order valence-electron chi connectivity index (χ0n) is 13.0. The monoisotopic (exact) mass is 370 g/mol. The minimum Gasteiger partial charge on any atom is -0.361 e. The Balaban J connectivity index is 0.000000151. The summed E-state index contributed by atoms with van der Waals surface area (Å²) in [6.07, 6.45) is -7.07. The number of H-pyrrole nitrogens is 2. The summed E-state index contributed by atoms with van der Waals surface area (Å²) in [5.74, 6) is 0. The van der Waals surface area contributed by atoms with E-state index in [0.717, 1.165) is 12.1 Å². The summed E-state index contributed by atoms with van der Waals surface area (Å²) in [5.41, 5.74) is -0.274. The number of hydrogen-bond donors (Lipinski definition) is 2. The molecule has 0 aliphatic heterocycles. The van der Waals surface area contributed by atoms with Gasteiger partial charge in [0, 0.05) is 22.6 Å². The Bertz CT molecular complexity index is 989. The molecule has 0 spiro atoms. The van der Waals surface area contributed by atoms with Gasteiger partial charge in [0.25, 0.3) is 0 Å². The quantitative estimate of drug-likeness (QED) is 0.337. The van der Waals surface area contributed by atoms with E-state index in [4.69, 9.17) is 0 Å². The molecule has 0 aliphatic carbocycles. The highest BCUT2D eigenvalue weighted by Gasteiger charge is 2.33. The molecule has 0 amide bonds. The maximum absolute atomic E-state index is 12.4. The van der Waals surface area contributed by atoms with Gasteiger partial charge in [-0.25, -0.2) is 0 Å². The van der Waals surface area contributed by atoms with Gasteiger partial charge in [0.1, 0.15) is 5.69 Å². The average molecular weight is 370 g/mol. The molecule has 4 aromatic rings. The molecule has 2 N–H and O–H groups in total. The van der Waals surface area contributed by atoms with Crippen molar-refractivity contribution in [1.29, 1.82) is 0 Å². The van der Waals surface area contributed by atoms with Crippen molar-refractivity contribution < 1.29 is 26.3 Å². The van der Waals surface area contributed by atoms with E-state index in [-0.39, 0.29) is 5.39 Å². The van der Waals surface area contributed by atoms with Crippen molar-refractivity contribution in [1.82, 2.24) is 9.97 Å². The van der Waals surface area contributed by atoms with Crippen LogP contribution in [0.3, 0.4) is 0 Å². The number of alkyl halides is 6. The zero-order valence-corrected chi connectivity index (χ0v) is 13.0. The summed E-state index contributed by atoms with van der Waals surface area (Å²) in [5, 5.41) is 0.796. The number of rotatable bonds is 0. The molecule has 26 heavy (non-hydrogen) atoms. The lowest BCUT2D eigenvalue weighted by Crippen LogP contribution is -2.04. The van der Waals surface area contributed by atoms with E-state index in [2.05, 4.69) is 9.97 Å². The fourth-order valence-electron chi connectivity index (χ4n) is 2.56. The fraction of sp³-hybridized carbons (Fsp3) is 0.111. The molecular formula is C18H12F6N2. The van der Waals surface area contributed by atoms with E-state index >= 15 is 0 Å². The molecule has 0 radical (unpaired) electrons. The van der Waals surface area contributed by atoms with E-state index in [1.807, 2.05) is 0 Å². The third-order valence-corrected chi connectivity index (χ3v) is 3.74. The highest BCUT2D eigenvalue weighted by molar-refractivity contribution is 5.83. The minimum atomic E-state index is -4.29. The first-order chi connectivity index (χ1) is 12.2. The Kier molecular flexibility index (Phi) is 4.43. The van der Waals surface area contributed by atoms with Crippen LogP contribution >= 0.6 is 0 Å². The largest absolute Gasteiger partial charge is 0.431 e. The second kappa shape index (κ2) is 6.44. The standard InChI is InChI=1S/2C9H6F3N/c10-9(11,12)7-2-1-3-8-6(7)4-5-13-8;10-9(11,12)8-5-6-3-1-2-4-7(6)13-8/h2*1-5,13H. The van der Waals surface area contributed by atoms with E-state index in [0.29, 0.717) is 16.4 Å². The maximum Gasteiger partial charge on any atom is 0.431 e. The lowest BCUT2D eigenvalue weighted by molar-refractivity contribution is -0.140. The predicted molar refractivity (Wildman–Crippen MR) is 86.6 cm³/mol. The van der Waals surface area contributed by atoms with Crippen LogP contribution in [0.4, 0.5) is 26.3 Å². The molecule has 8 heteroatoms. The highest BCUT2D eigenvalue weighted by Crippen LogP contribution is 2.34.